The zero-order chi connectivity index (χ0) is 20.4. The molecule has 0 atom stereocenters. The molecular formula is C22H31N5O2. The summed E-state index contributed by atoms with van der Waals surface area (Å²) in [6.45, 7) is 9.31. The van der Waals surface area contributed by atoms with Crippen molar-refractivity contribution in [2.24, 2.45) is 0 Å². The molecule has 2 aliphatic rings. The molecule has 0 unspecified atom stereocenters. The monoisotopic (exact) mass is 397 g/mol. The molecule has 0 radical (unpaired) electrons. The van der Waals surface area contributed by atoms with E-state index in [0.717, 1.165) is 43.8 Å². The summed E-state index contributed by atoms with van der Waals surface area (Å²) in [6, 6.07) is 5.91. The average molecular weight is 398 g/mol. The van der Waals surface area contributed by atoms with Crippen LogP contribution in [0.3, 0.4) is 0 Å². The van der Waals surface area contributed by atoms with Crippen LogP contribution in [0.15, 0.2) is 24.4 Å². The van der Waals surface area contributed by atoms with Gasteiger partial charge in [0.2, 0.25) is 5.91 Å². The summed E-state index contributed by atoms with van der Waals surface area (Å²) in [7, 11) is 0. The van der Waals surface area contributed by atoms with E-state index >= 15 is 0 Å². The minimum Gasteiger partial charge on any atom is -0.339 e. The number of aromatic nitrogens is 2. The second kappa shape index (κ2) is 8.53. The molecule has 2 aromatic heterocycles. The van der Waals surface area contributed by atoms with E-state index in [1.165, 1.54) is 0 Å². The lowest BCUT2D eigenvalue weighted by atomic mass is 10.2. The number of carbonyl (C=O) groups is 2. The molecule has 2 fully saturated rings. The van der Waals surface area contributed by atoms with Gasteiger partial charge in [-0.05, 0) is 38.1 Å². The summed E-state index contributed by atoms with van der Waals surface area (Å²) in [6.07, 6.45) is 4.84. The summed E-state index contributed by atoms with van der Waals surface area (Å²) in [4.78, 5) is 36.4. The number of amides is 2. The molecule has 1 saturated carbocycles. The van der Waals surface area contributed by atoms with Crippen LogP contribution in [0.4, 0.5) is 0 Å². The number of fused-ring (bicyclic) bond motifs is 1. The van der Waals surface area contributed by atoms with Crippen LogP contribution in [0.25, 0.3) is 5.52 Å². The van der Waals surface area contributed by atoms with Crippen molar-refractivity contribution in [3.63, 3.8) is 0 Å². The fourth-order valence-corrected chi connectivity index (χ4v) is 4.11. The van der Waals surface area contributed by atoms with Gasteiger partial charge in [0, 0.05) is 51.3 Å². The largest absolute Gasteiger partial charge is 0.339 e. The molecule has 156 valence electrons. The summed E-state index contributed by atoms with van der Waals surface area (Å²) >= 11 is 0. The topological polar surface area (TPSA) is 61.2 Å². The van der Waals surface area contributed by atoms with Crippen molar-refractivity contribution in [1.29, 1.82) is 0 Å². The highest BCUT2D eigenvalue weighted by Crippen LogP contribution is 2.40. The smallest absolute Gasteiger partial charge is 0.274 e. The Morgan fingerprint density at radius 1 is 1.07 bits per heavy atom. The summed E-state index contributed by atoms with van der Waals surface area (Å²) < 4.78 is 2.07. The van der Waals surface area contributed by atoms with Gasteiger partial charge >= 0.3 is 0 Å². The Kier molecular flexibility index (Phi) is 5.85. The zero-order valence-corrected chi connectivity index (χ0v) is 17.5. The standard InChI is InChI=1S/C22H31N5O2/c1-3-24(4-2)12-10-19(28)25-13-15-26(16-14-25)22(29)20-18-7-5-6-11-27(18)21(23-20)17-8-9-17/h5-7,11,17H,3-4,8-10,12-16H2,1-2H3. The van der Waals surface area contributed by atoms with Crippen LogP contribution in [-0.2, 0) is 4.79 Å². The second-order valence-corrected chi connectivity index (χ2v) is 8.00. The van der Waals surface area contributed by atoms with Gasteiger partial charge in [0.1, 0.15) is 5.82 Å². The van der Waals surface area contributed by atoms with Crippen molar-refractivity contribution in [2.75, 3.05) is 45.8 Å². The van der Waals surface area contributed by atoms with Crippen molar-refractivity contribution in [2.45, 2.75) is 39.0 Å². The molecule has 1 aliphatic carbocycles. The third-order valence-corrected chi connectivity index (χ3v) is 6.18. The molecule has 0 bridgehead atoms. The summed E-state index contributed by atoms with van der Waals surface area (Å²) in [5.41, 5.74) is 1.44. The third-order valence-electron chi connectivity index (χ3n) is 6.18. The van der Waals surface area contributed by atoms with Crippen LogP contribution < -0.4 is 0 Å². The Morgan fingerprint density at radius 3 is 2.41 bits per heavy atom. The molecule has 1 aliphatic heterocycles. The van der Waals surface area contributed by atoms with Gasteiger partial charge < -0.3 is 19.1 Å². The molecule has 0 aromatic carbocycles. The average Bonchev–Trinajstić information content (AvgIpc) is 3.54. The van der Waals surface area contributed by atoms with E-state index in [4.69, 9.17) is 4.98 Å². The maximum absolute atomic E-state index is 13.2. The van der Waals surface area contributed by atoms with E-state index in [0.29, 0.717) is 44.2 Å². The molecule has 1 saturated heterocycles. The first-order chi connectivity index (χ1) is 14.1. The molecule has 29 heavy (non-hydrogen) atoms. The van der Waals surface area contributed by atoms with Crippen molar-refractivity contribution < 1.29 is 9.59 Å². The normalized spacial score (nSPS) is 17.3. The quantitative estimate of drug-likeness (QED) is 0.719. The number of carbonyl (C=O) groups excluding carboxylic acids is 2. The molecule has 3 heterocycles. The Balaban J connectivity index is 1.38. The number of hydrogen-bond acceptors (Lipinski definition) is 4. The summed E-state index contributed by atoms with van der Waals surface area (Å²) in [5.74, 6) is 1.66. The highest BCUT2D eigenvalue weighted by atomic mass is 16.2. The first kappa shape index (κ1) is 19.9. The predicted octanol–water partition coefficient (Wildman–Crippen LogP) is 2.23. The lowest BCUT2D eigenvalue weighted by molar-refractivity contribution is -0.133. The van der Waals surface area contributed by atoms with Gasteiger partial charge in [-0.25, -0.2) is 4.98 Å². The van der Waals surface area contributed by atoms with Gasteiger partial charge in [-0.1, -0.05) is 19.9 Å². The van der Waals surface area contributed by atoms with Gasteiger partial charge in [0.15, 0.2) is 5.69 Å². The molecule has 2 amide bonds. The van der Waals surface area contributed by atoms with Crippen LogP contribution >= 0.6 is 0 Å². The van der Waals surface area contributed by atoms with E-state index in [1.807, 2.05) is 34.2 Å². The fourth-order valence-electron chi connectivity index (χ4n) is 4.11. The van der Waals surface area contributed by atoms with Crippen molar-refractivity contribution in [3.8, 4) is 0 Å². The van der Waals surface area contributed by atoms with Crippen LogP contribution in [0.1, 0.15) is 55.3 Å². The number of rotatable bonds is 7. The van der Waals surface area contributed by atoms with Gasteiger partial charge in [0.25, 0.3) is 5.91 Å². The minimum atomic E-state index is -0.0177. The van der Waals surface area contributed by atoms with Crippen molar-refractivity contribution in [1.82, 2.24) is 24.1 Å². The molecule has 2 aromatic rings. The van der Waals surface area contributed by atoms with Gasteiger partial charge in [-0.2, -0.15) is 0 Å². The van der Waals surface area contributed by atoms with Gasteiger partial charge in [0.05, 0.1) is 5.52 Å². The first-order valence-electron chi connectivity index (χ1n) is 10.9. The third kappa shape index (κ3) is 4.15. The van der Waals surface area contributed by atoms with Gasteiger partial charge in [-0.3, -0.25) is 9.59 Å². The zero-order valence-electron chi connectivity index (χ0n) is 17.5. The Morgan fingerprint density at radius 2 is 1.76 bits per heavy atom. The van der Waals surface area contributed by atoms with Crippen molar-refractivity contribution in [3.05, 3.63) is 35.9 Å². The molecule has 7 nitrogen and oxygen atoms in total. The number of piperazine rings is 1. The summed E-state index contributed by atoms with van der Waals surface area (Å²) in [5, 5.41) is 0. The van der Waals surface area contributed by atoms with Gasteiger partial charge in [-0.15, -0.1) is 0 Å². The van der Waals surface area contributed by atoms with Crippen LogP contribution in [0, 0.1) is 0 Å². The maximum atomic E-state index is 13.2. The molecule has 0 N–H and O–H groups in total. The Bertz CT molecular complexity index is 876. The number of pyridine rings is 1. The molecule has 7 heteroatoms. The predicted molar refractivity (Wildman–Crippen MR) is 112 cm³/mol. The lowest BCUT2D eigenvalue weighted by Gasteiger charge is -2.35. The Labute approximate surface area is 172 Å². The highest BCUT2D eigenvalue weighted by Gasteiger charge is 2.32. The lowest BCUT2D eigenvalue weighted by Crippen LogP contribution is -2.51. The van der Waals surface area contributed by atoms with Crippen LogP contribution in [0.5, 0.6) is 0 Å². The highest BCUT2D eigenvalue weighted by molar-refractivity contribution is 5.99. The molecular weight excluding hydrogens is 366 g/mol. The van der Waals surface area contributed by atoms with E-state index in [1.54, 1.807) is 0 Å². The van der Waals surface area contributed by atoms with Crippen LogP contribution in [-0.4, -0.2) is 81.7 Å². The maximum Gasteiger partial charge on any atom is 0.274 e. The number of imidazole rings is 1. The number of nitrogens with zero attached hydrogens (tertiary/aromatic N) is 5. The SMILES string of the molecule is CCN(CC)CCC(=O)N1CCN(C(=O)c2nc(C3CC3)n3ccccc23)CC1. The molecule has 4 rings (SSSR count). The second-order valence-electron chi connectivity index (χ2n) is 8.00. The number of hydrogen-bond donors (Lipinski definition) is 0. The molecule has 0 spiro atoms. The fraction of sp³-hybridized carbons (Fsp3) is 0.591. The minimum absolute atomic E-state index is 0.0177. The van der Waals surface area contributed by atoms with E-state index < -0.39 is 0 Å². The van der Waals surface area contributed by atoms with E-state index in [-0.39, 0.29) is 11.8 Å². The van der Waals surface area contributed by atoms with Crippen molar-refractivity contribution >= 4 is 17.3 Å². The Hall–Kier alpha value is -2.41. The first-order valence-corrected chi connectivity index (χ1v) is 10.9. The van der Waals surface area contributed by atoms with E-state index in [9.17, 15) is 9.59 Å². The van der Waals surface area contributed by atoms with Crippen LogP contribution in [0.2, 0.25) is 0 Å². The van der Waals surface area contributed by atoms with E-state index in [2.05, 4.69) is 23.1 Å².